The number of hydrogen-bond donors (Lipinski definition) is 3. The molecule has 1 heterocycles. The van der Waals surface area contributed by atoms with E-state index in [-0.39, 0.29) is 17.4 Å². The Hall–Kier alpha value is -1.14. The number of aliphatic hydroxyl groups is 1. The lowest BCUT2D eigenvalue weighted by molar-refractivity contribution is -0.178. The van der Waals surface area contributed by atoms with Crippen molar-refractivity contribution in [3.05, 3.63) is 0 Å². The van der Waals surface area contributed by atoms with Gasteiger partial charge in [0.15, 0.2) is 0 Å². The first-order valence-corrected chi connectivity index (χ1v) is 9.40. The fourth-order valence-corrected chi connectivity index (χ4v) is 7.10. The van der Waals surface area contributed by atoms with Gasteiger partial charge in [0.25, 0.3) is 0 Å². The van der Waals surface area contributed by atoms with Crippen LogP contribution in [0.5, 0.6) is 0 Å². The molecule has 8 atom stereocenters. The first-order chi connectivity index (χ1) is 11.3. The number of fused-ring (bicyclic) bond motifs is 1. The van der Waals surface area contributed by atoms with Crippen LogP contribution >= 0.6 is 0 Å². The second-order valence-electron chi connectivity index (χ2n) is 9.49. The molecule has 5 saturated carbocycles. The number of nitrogens with two attached hydrogens (primary N) is 2. The lowest BCUT2D eigenvalue weighted by atomic mass is 9.46. The molecule has 6 aliphatic rings. The number of piperidine rings is 1. The minimum absolute atomic E-state index is 0.102. The predicted molar refractivity (Wildman–Crippen MR) is 86.4 cm³/mol. The van der Waals surface area contributed by atoms with Gasteiger partial charge in [-0.3, -0.25) is 9.59 Å². The fourth-order valence-electron chi connectivity index (χ4n) is 7.10. The van der Waals surface area contributed by atoms with Crippen LogP contribution < -0.4 is 11.5 Å². The number of likely N-dealkylation sites (tertiary alicyclic amines) is 1. The van der Waals surface area contributed by atoms with Crippen LogP contribution in [-0.4, -0.2) is 45.5 Å². The molecule has 2 amide bonds. The standard InChI is InChI=1S/C18H27N3O3/c19-14(16(23)21-12-2-11(12)3-13(21)15(20)22)17-4-9-1-10(5-17)7-18(24,6-9)8-17/h9-14,24H,1-8,19H2,(H2,20,22)/t9-,10?,11+,12+,13+,14-,17?,18?/m1/s1. The molecule has 6 nitrogen and oxygen atoms in total. The molecule has 6 fully saturated rings. The maximum atomic E-state index is 13.2. The van der Waals surface area contributed by atoms with E-state index in [0.29, 0.717) is 30.6 Å². The van der Waals surface area contributed by atoms with Crippen molar-refractivity contribution in [2.75, 3.05) is 0 Å². The molecule has 0 aromatic rings. The highest BCUT2D eigenvalue weighted by atomic mass is 16.3. The Morgan fingerprint density at radius 2 is 1.75 bits per heavy atom. The van der Waals surface area contributed by atoms with E-state index >= 15 is 0 Å². The molecular weight excluding hydrogens is 306 g/mol. The Balaban J connectivity index is 1.43. The molecule has 0 aromatic carbocycles. The molecule has 132 valence electrons. The quantitative estimate of drug-likeness (QED) is 0.681. The Kier molecular flexibility index (Phi) is 2.85. The number of carbonyl (C=O) groups is 2. The molecular formula is C18H27N3O3. The van der Waals surface area contributed by atoms with E-state index in [1.54, 1.807) is 4.90 Å². The van der Waals surface area contributed by atoms with Crippen LogP contribution in [-0.2, 0) is 9.59 Å². The van der Waals surface area contributed by atoms with Crippen molar-refractivity contribution < 1.29 is 14.7 Å². The minimum Gasteiger partial charge on any atom is -0.390 e. The van der Waals surface area contributed by atoms with E-state index in [4.69, 9.17) is 11.5 Å². The summed E-state index contributed by atoms with van der Waals surface area (Å²) in [6.07, 6.45) is 7.11. The van der Waals surface area contributed by atoms with Crippen molar-refractivity contribution in [1.29, 1.82) is 0 Å². The fraction of sp³-hybridized carbons (Fsp3) is 0.889. The number of nitrogens with zero attached hydrogens (tertiary/aromatic N) is 1. The van der Waals surface area contributed by atoms with Crippen LogP contribution in [0.15, 0.2) is 0 Å². The lowest BCUT2D eigenvalue weighted by Gasteiger charge is -2.61. The lowest BCUT2D eigenvalue weighted by Crippen LogP contribution is -2.65. The van der Waals surface area contributed by atoms with Gasteiger partial charge in [0.2, 0.25) is 11.8 Å². The van der Waals surface area contributed by atoms with E-state index in [2.05, 4.69) is 0 Å². The summed E-state index contributed by atoms with van der Waals surface area (Å²) in [4.78, 5) is 26.7. The van der Waals surface area contributed by atoms with Gasteiger partial charge in [0, 0.05) is 6.04 Å². The number of primary amides is 1. The Morgan fingerprint density at radius 3 is 2.33 bits per heavy atom. The van der Waals surface area contributed by atoms with Crippen molar-refractivity contribution in [1.82, 2.24) is 4.90 Å². The number of carbonyl (C=O) groups excluding carboxylic acids is 2. The third-order valence-electron chi connectivity index (χ3n) is 7.69. The summed E-state index contributed by atoms with van der Waals surface area (Å²) < 4.78 is 0. The van der Waals surface area contributed by atoms with Gasteiger partial charge in [-0.15, -0.1) is 0 Å². The highest BCUT2D eigenvalue weighted by Gasteiger charge is 2.63. The first kappa shape index (κ1) is 15.1. The average Bonchev–Trinajstić information content (AvgIpc) is 3.13. The first-order valence-electron chi connectivity index (χ1n) is 9.40. The van der Waals surface area contributed by atoms with Crippen LogP contribution in [0.25, 0.3) is 0 Å². The van der Waals surface area contributed by atoms with Gasteiger partial charge in [-0.1, -0.05) is 0 Å². The van der Waals surface area contributed by atoms with E-state index in [9.17, 15) is 14.7 Å². The molecule has 0 radical (unpaired) electrons. The van der Waals surface area contributed by atoms with Crippen molar-refractivity contribution in [2.45, 2.75) is 75.1 Å². The summed E-state index contributed by atoms with van der Waals surface area (Å²) in [6.45, 7) is 0. The molecule has 3 unspecified atom stereocenters. The molecule has 1 saturated heterocycles. The molecule has 5 aliphatic carbocycles. The summed E-state index contributed by atoms with van der Waals surface area (Å²) >= 11 is 0. The van der Waals surface area contributed by atoms with Gasteiger partial charge in [0.1, 0.15) is 6.04 Å². The van der Waals surface area contributed by atoms with Gasteiger partial charge in [-0.2, -0.15) is 0 Å². The molecule has 4 bridgehead atoms. The number of rotatable bonds is 3. The number of amides is 2. The Labute approximate surface area is 141 Å². The van der Waals surface area contributed by atoms with Crippen molar-refractivity contribution in [3.8, 4) is 0 Å². The van der Waals surface area contributed by atoms with Gasteiger partial charge < -0.3 is 21.5 Å². The number of hydrogen-bond acceptors (Lipinski definition) is 4. The second kappa shape index (κ2) is 4.52. The maximum Gasteiger partial charge on any atom is 0.241 e. The highest BCUT2D eigenvalue weighted by Crippen LogP contribution is 2.63. The van der Waals surface area contributed by atoms with E-state index in [0.717, 1.165) is 32.1 Å². The molecule has 1 aliphatic heterocycles. The normalized spacial score (nSPS) is 52.2. The SMILES string of the molecule is NC(=O)[C@@H]1C[C@@H]2C[C@@H]2N1C(=O)[C@@H](N)C12CC3C[C@@H](CC(O)(C3)C1)C2. The Morgan fingerprint density at radius 1 is 1.08 bits per heavy atom. The molecule has 6 rings (SSSR count). The zero-order valence-corrected chi connectivity index (χ0v) is 14.0. The van der Waals surface area contributed by atoms with E-state index < -0.39 is 23.6 Å². The monoisotopic (exact) mass is 333 g/mol. The van der Waals surface area contributed by atoms with Crippen LogP contribution in [0.3, 0.4) is 0 Å². The molecule has 0 spiro atoms. The maximum absolute atomic E-state index is 13.2. The van der Waals surface area contributed by atoms with E-state index in [1.165, 1.54) is 6.42 Å². The van der Waals surface area contributed by atoms with Crippen LogP contribution in [0, 0.1) is 23.2 Å². The molecule has 5 N–H and O–H groups in total. The van der Waals surface area contributed by atoms with Crippen molar-refractivity contribution >= 4 is 11.8 Å². The second-order valence-corrected chi connectivity index (χ2v) is 9.49. The van der Waals surface area contributed by atoms with Crippen molar-refractivity contribution in [2.24, 2.45) is 34.6 Å². The third kappa shape index (κ3) is 1.96. The zero-order chi connectivity index (χ0) is 16.9. The summed E-state index contributed by atoms with van der Waals surface area (Å²) in [7, 11) is 0. The smallest absolute Gasteiger partial charge is 0.241 e. The summed E-state index contributed by atoms with van der Waals surface area (Å²) in [5, 5.41) is 10.9. The van der Waals surface area contributed by atoms with Gasteiger partial charge in [-0.25, -0.2) is 0 Å². The van der Waals surface area contributed by atoms with Gasteiger partial charge in [-0.05, 0) is 74.5 Å². The average molecular weight is 333 g/mol. The predicted octanol–water partition coefficient (Wildman–Crippen LogP) is 0.120. The van der Waals surface area contributed by atoms with Gasteiger partial charge in [0.05, 0.1) is 11.6 Å². The van der Waals surface area contributed by atoms with Crippen molar-refractivity contribution in [3.63, 3.8) is 0 Å². The molecule has 24 heavy (non-hydrogen) atoms. The van der Waals surface area contributed by atoms with Gasteiger partial charge >= 0.3 is 0 Å². The molecule has 0 aromatic heterocycles. The topological polar surface area (TPSA) is 110 Å². The summed E-state index contributed by atoms with van der Waals surface area (Å²) in [6, 6.07) is -0.932. The van der Waals surface area contributed by atoms with Crippen LogP contribution in [0.1, 0.15) is 51.4 Å². The summed E-state index contributed by atoms with van der Waals surface area (Å²) in [5.74, 6) is 0.906. The summed E-state index contributed by atoms with van der Waals surface area (Å²) in [5.41, 5.74) is 11.2. The van der Waals surface area contributed by atoms with E-state index in [1.807, 2.05) is 0 Å². The zero-order valence-electron chi connectivity index (χ0n) is 14.0. The minimum atomic E-state index is -0.627. The molecule has 6 heteroatoms. The van der Waals surface area contributed by atoms with Crippen LogP contribution in [0.4, 0.5) is 0 Å². The largest absolute Gasteiger partial charge is 0.390 e. The van der Waals surface area contributed by atoms with Crippen LogP contribution in [0.2, 0.25) is 0 Å². The third-order valence-corrected chi connectivity index (χ3v) is 7.69. The highest BCUT2D eigenvalue weighted by molar-refractivity contribution is 5.91. The Bertz CT molecular complexity index is 607.